The molecule has 31 heavy (non-hydrogen) atoms. The summed E-state index contributed by atoms with van der Waals surface area (Å²) in [6, 6.07) is 1.46. The summed E-state index contributed by atoms with van der Waals surface area (Å²) in [7, 11) is 0. The van der Waals surface area contributed by atoms with Gasteiger partial charge in [0.05, 0.1) is 11.1 Å². The Morgan fingerprint density at radius 3 is 2.84 bits per heavy atom. The number of carbonyl (C=O) groups is 2. The van der Waals surface area contributed by atoms with Crippen molar-refractivity contribution in [1.29, 1.82) is 0 Å². The van der Waals surface area contributed by atoms with Gasteiger partial charge in [0.25, 0.3) is 0 Å². The number of carbonyl (C=O) groups excluding carboxylic acids is 2. The van der Waals surface area contributed by atoms with E-state index in [2.05, 4.69) is 0 Å². The van der Waals surface area contributed by atoms with Crippen LogP contribution in [-0.2, 0) is 27.2 Å². The van der Waals surface area contributed by atoms with E-state index in [-0.39, 0.29) is 35.9 Å². The van der Waals surface area contributed by atoms with Crippen molar-refractivity contribution < 1.29 is 28.4 Å². The first-order valence-corrected chi connectivity index (χ1v) is 10.5. The van der Waals surface area contributed by atoms with Gasteiger partial charge in [-0.3, -0.25) is 0 Å². The predicted octanol–water partition coefficient (Wildman–Crippen LogP) is 2.49. The zero-order valence-corrected chi connectivity index (χ0v) is 17.2. The molecule has 7 heteroatoms. The summed E-state index contributed by atoms with van der Waals surface area (Å²) in [4.78, 5) is 30.4. The van der Waals surface area contributed by atoms with Crippen LogP contribution in [0.4, 0.5) is 4.39 Å². The van der Waals surface area contributed by atoms with Crippen LogP contribution in [-0.4, -0.2) is 45.0 Å². The standard InChI is InChI=1S/C24H20FN2O4/c1-3-24(30)16-7-19-21-14(9-27(19)22(28)15(16)10-31-23(24)29)13-6-4-5-12-11(2)17(25)8-18(26-21)20(12)13/h7-9,30H,3-6,10H2,1-2H3/q+1/t24-/m0/s1. The number of amides is 1. The van der Waals surface area contributed by atoms with Gasteiger partial charge in [-0.25, -0.2) is 19.0 Å². The van der Waals surface area contributed by atoms with Crippen molar-refractivity contribution in [3.8, 4) is 0 Å². The zero-order valence-electron chi connectivity index (χ0n) is 17.2. The van der Waals surface area contributed by atoms with Crippen molar-refractivity contribution in [2.24, 2.45) is 0 Å². The van der Waals surface area contributed by atoms with Crippen molar-refractivity contribution in [3.63, 3.8) is 0 Å². The average Bonchev–Trinajstić information content (AvgIpc) is 3.14. The molecule has 6 rings (SSSR count). The highest BCUT2D eigenvalue weighted by Gasteiger charge is 2.52. The van der Waals surface area contributed by atoms with E-state index in [9.17, 15) is 19.1 Å². The number of esters is 1. The Balaban J connectivity index is 1.65. The number of fused-ring (bicyclic) bond motifs is 4. The van der Waals surface area contributed by atoms with Crippen LogP contribution in [0.25, 0.3) is 16.6 Å². The van der Waals surface area contributed by atoms with E-state index in [1.54, 1.807) is 26.1 Å². The van der Waals surface area contributed by atoms with E-state index in [1.807, 2.05) is 0 Å². The molecule has 0 bridgehead atoms. The van der Waals surface area contributed by atoms with Gasteiger partial charge in [0.1, 0.15) is 23.7 Å². The Kier molecular flexibility index (Phi) is 3.56. The number of aliphatic hydroxyl groups is 1. The predicted molar refractivity (Wildman–Crippen MR) is 110 cm³/mol. The number of ether oxygens (including phenoxy) is 1. The number of pyridine rings is 1. The number of hydrogen-bond acceptors (Lipinski definition) is 5. The van der Waals surface area contributed by atoms with Crippen molar-refractivity contribution in [3.05, 3.63) is 57.1 Å². The average molecular weight is 419 g/mol. The second-order valence-electron chi connectivity index (χ2n) is 8.58. The molecule has 1 N–H and O–H groups in total. The second-order valence-corrected chi connectivity index (χ2v) is 8.58. The summed E-state index contributed by atoms with van der Waals surface area (Å²) in [6.45, 7) is 3.30. The van der Waals surface area contributed by atoms with Crippen molar-refractivity contribution in [2.75, 3.05) is 6.61 Å². The molecule has 0 saturated heterocycles. The largest absolute Gasteiger partial charge is 0.458 e. The van der Waals surface area contributed by atoms with Crippen LogP contribution in [0, 0.1) is 12.7 Å². The van der Waals surface area contributed by atoms with Crippen molar-refractivity contribution in [2.45, 2.75) is 45.1 Å². The highest BCUT2D eigenvalue weighted by atomic mass is 19.1. The Labute approximate surface area is 177 Å². The molecule has 156 valence electrons. The molecule has 1 aliphatic carbocycles. The maximum absolute atomic E-state index is 14.6. The lowest BCUT2D eigenvalue weighted by Gasteiger charge is -2.32. The molecule has 0 unspecified atom stereocenters. The van der Waals surface area contributed by atoms with Gasteiger partial charge in [0, 0.05) is 23.1 Å². The van der Waals surface area contributed by atoms with Gasteiger partial charge in [-0.1, -0.05) is 6.92 Å². The molecular weight excluding hydrogens is 399 g/mol. The number of aromatic nitrogens is 1. The fourth-order valence-electron chi connectivity index (χ4n) is 5.33. The van der Waals surface area contributed by atoms with E-state index in [0.717, 1.165) is 41.3 Å². The molecular formula is C24H20FN2O4+. The van der Waals surface area contributed by atoms with Gasteiger partial charge in [-0.2, -0.15) is 0 Å². The van der Waals surface area contributed by atoms with Crippen LogP contribution in [0.2, 0.25) is 0 Å². The smallest absolute Gasteiger partial charge is 0.425 e. The first-order valence-electron chi connectivity index (χ1n) is 10.5. The quantitative estimate of drug-likeness (QED) is 0.568. The summed E-state index contributed by atoms with van der Waals surface area (Å²) in [5.74, 6) is -1.37. The highest BCUT2D eigenvalue weighted by Crippen LogP contribution is 2.42. The highest BCUT2D eigenvalue weighted by molar-refractivity contribution is 6.08. The lowest BCUT2D eigenvalue weighted by atomic mass is 9.82. The lowest BCUT2D eigenvalue weighted by Crippen LogP contribution is -2.48. The third kappa shape index (κ3) is 2.19. The van der Waals surface area contributed by atoms with Gasteiger partial charge in [0.2, 0.25) is 5.70 Å². The minimum Gasteiger partial charge on any atom is -0.458 e. The van der Waals surface area contributed by atoms with Crippen LogP contribution >= 0.6 is 0 Å². The minimum atomic E-state index is -1.87. The third-order valence-corrected chi connectivity index (χ3v) is 7.09. The number of hydrogen-bond donors (Lipinski definition) is 1. The van der Waals surface area contributed by atoms with Crippen LogP contribution in [0.3, 0.4) is 0 Å². The molecule has 1 aromatic carbocycles. The maximum Gasteiger partial charge on any atom is 0.425 e. The number of aryl methyl sites for hydroxylation is 2. The first-order chi connectivity index (χ1) is 14.8. The number of nitrogens with zero attached hydrogens (tertiary/aromatic N) is 2. The fraction of sp³-hybridized carbons (Fsp3) is 0.333. The fourth-order valence-corrected chi connectivity index (χ4v) is 5.33. The topological polar surface area (TPSA) is 79.5 Å². The number of cyclic esters (lactones) is 1. The molecule has 0 spiro atoms. The summed E-state index contributed by atoms with van der Waals surface area (Å²) in [5.41, 5.74) is 3.91. The van der Waals surface area contributed by atoms with E-state index < -0.39 is 11.6 Å². The molecule has 4 aliphatic rings. The van der Waals surface area contributed by atoms with E-state index in [1.165, 1.54) is 10.6 Å². The second kappa shape index (κ2) is 5.95. The molecule has 4 heterocycles. The minimum absolute atomic E-state index is 0.0859. The monoisotopic (exact) mass is 419 g/mol. The molecule has 0 saturated carbocycles. The van der Waals surface area contributed by atoms with Crippen molar-refractivity contribution in [1.82, 2.24) is 4.98 Å². The van der Waals surface area contributed by atoms with Gasteiger partial charge in [0.15, 0.2) is 11.8 Å². The first kappa shape index (κ1) is 18.6. The van der Waals surface area contributed by atoms with Crippen LogP contribution in [0.5, 0.6) is 0 Å². The zero-order chi connectivity index (χ0) is 21.7. The van der Waals surface area contributed by atoms with Gasteiger partial charge in [-0.05, 0) is 49.3 Å². The molecule has 3 aliphatic heterocycles. The van der Waals surface area contributed by atoms with Crippen LogP contribution in [0.15, 0.2) is 23.3 Å². The molecule has 0 fully saturated rings. The molecule has 1 atom stereocenters. The summed E-state index contributed by atoms with van der Waals surface area (Å²) >= 11 is 0. The maximum atomic E-state index is 14.6. The van der Waals surface area contributed by atoms with E-state index in [4.69, 9.17) is 9.72 Å². The molecule has 6 nitrogen and oxygen atoms in total. The van der Waals surface area contributed by atoms with Crippen LogP contribution in [0.1, 0.15) is 47.7 Å². The Hall–Kier alpha value is -3.19. The van der Waals surface area contributed by atoms with Gasteiger partial charge in [-0.15, -0.1) is 4.58 Å². The number of benzene rings is 1. The van der Waals surface area contributed by atoms with Gasteiger partial charge < -0.3 is 9.84 Å². The Bertz CT molecular complexity index is 1370. The molecule has 0 radical (unpaired) electrons. The summed E-state index contributed by atoms with van der Waals surface area (Å²) in [6.07, 6.45) is 6.06. The normalized spacial score (nSPS) is 23.9. The van der Waals surface area contributed by atoms with E-state index >= 15 is 0 Å². The van der Waals surface area contributed by atoms with E-state index in [0.29, 0.717) is 22.5 Å². The SMILES string of the molecule is CC[C@@]1(O)C(=O)OCC2=C1C=C1c3nc4cc(F)c(C)c5c4c(c3C=[N+]1C2=O)CCC5. The third-order valence-electron chi connectivity index (χ3n) is 7.09. The summed E-state index contributed by atoms with van der Waals surface area (Å²) < 4.78 is 21.2. The molecule has 1 aromatic heterocycles. The van der Waals surface area contributed by atoms with Crippen molar-refractivity contribution >= 4 is 34.7 Å². The Morgan fingerprint density at radius 2 is 2.06 bits per heavy atom. The summed E-state index contributed by atoms with van der Waals surface area (Å²) in [5, 5.41) is 12.0. The number of halogens is 1. The van der Waals surface area contributed by atoms with Gasteiger partial charge >= 0.3 is 11.9 Å². The van der Waals surface area contributed by atoms with Crippen LogP contribution < -0.4 is 0 Å². The lowest BCUT2D eigenvalue weighted by molar-refractivity contribution is -0.349. The Morgan fingerprint density at radius 1 is 1.29 bits per heavy atom. The molecule has 2 aromatic rings. The number of rotatable bonds is 1. The molecule has 1 amide bonds.